The molecule has 6 rings (SSSR count). The molecule has 2 N–H and O–H groups in total. The summed E-state index contributed by atoms with van der Waals surface area (Å²) in [5.41, 5.74) is 6.75. The summed E-state index contributed by atoms with van der Waals surface area (Å²) in [6.45, 7) is 0.0581. The number of hydrogen-bond acceptors (Lipinski definition) is 8. The first-order valence-electron chi connectivity index (χ1n) is 12.5. The van der Waals surface area contributed by atoms with Crippen LogP contribution in [0.25, 0.3) is 22.4 Å². The summed E-state index contributed by atoms with van der Waals surface area (Å²) in [5.74, 6) is -0.221. The van der Waals surface area contributed by atoms with E-state index >= 15 is 0 Å². The third-order valence-corrected chi connectivity index (χ3v) is 8.65. The molecule has 1 aliphatic heterocycles. The van der Waals surface area contributed by atoms with Crippen LogP contribution in [-0.4, -0.2) is 47.3 Å². The number of nitrogens with zero attached hydrogens (tertiary/aromatic N) is 3. The third-order valence-electron chi connectivity index (χ3n) is 6.85. The number of aromatic nitrogens is 3. The molecule has 9 nitrogen and oxygen atoms in total. The maximum atomic E-state index is 12.6. The van der Waals surface area contributed by atoms with Gasteiger partial charge in [-0.1, -0.05) is 18.2 Å². The molecule has 1 fully saturated rings. The molecule has 0 saturated carbocycles. The lowest BCUT2D eigenvalue weighted by molar-refractivity contribution is -0.115. The average Bonchev–Trinajstić information content (AvgIpc) is 3.34. The van der Waals surface area contributed by atoms with Crippen LogP contribution in [0.4, 0.5) is 5.13 Å². The second kappa shape index (κ2) is 10.1. The number of rotatable bonds is 8. The second-order valence-corrected chi connectivity index (χ2v) is 12.3. The Morgan fingerprint density at radius 1 is 1.13 bits per heavy atom. The van der Waals surface area contributed by atoms with Crippen molar-refractivity contribution in [1.29, 1.82) is 0 Å². The van der Waals surface area contributed by atoms with E-state index in [0.29, 0.717) is 5.13 Å². The molecule has 0 bridgehead atoms. The van der Waals surface area contributed by atoms with Crippen LogP contribution in [0.1, 0.15) is 35.8 Å². The van der Waals surface area contributed by atoms with E-state index in [2.05, 4.69) is 26.7 Å². The number of fused-ring (bicyclic) bond motifs is 1. The molecule has 3 aromatic heterocycles. The smallest absolute Gasteiger partial charge is 0.240 e. The monoisotopic (exact) mass is 549 g/mol. The van der Waals surface area contributed by atoms with Crippen molar-refractivity contribution in [2.45, 2.75) is 38.0 Å². The first-order valence-corrected chi connectivity index (χ1v) is 15.2. The molecular formula is C27H27N5O4S2. The van der Waals surface area contributed by atoms with E-state index in [1.54, 1.807) is 18.6 Å². The molecule has 2 unspecified atom stereocenters. The number of pyridine rings is 1. The highest BCUT2D eigenvalue weighted by molar-refractivity contribution is 7.89. The Hall–Kier alpha value is -3.38. The zero-order valence-corrected chi connectivity index (χ0v) is 22.4. The van der Waals surface area contributed by atoms with E-state index < -0.39 is 10.0 Å². The van der Waals surface area contributed by atoms with Gasteiger partial charge < -0.3 is 10.1 Å². The molecule has 1 aromatic carbocycles. The van der Waals surface area contributed by atoms with Crippen molar-refractivity contribution in [3.05, 3.63) is 77.2 Å². The van der Waals surface area contributed by atoms with Crippen LogP contribution in [0.2, 0.25) is 0 Å². The number of nitrogens with one attached hydrogen (secondary N) is 2. The second-order valence-electron chi connectivity index (χ2n) is 9.54. The highest BCUT2D eigenvalue weighted by atomic mass is 32.2. The predicted octanol–water partition coefficient (Wildman–Crippen LogP) is 3.99. The Balaban J connectivity index is 1.06. The first kappa shape index (κ1) is 24.9. The van der Waals surface area contributed by atoms with Gasteiger partial charge in [-0.05, 0) is 60.6 Å². The number of benzene rings is 1. The predicted molar refractivity (Wildman–Crippen MR) is 146 cm³/mol. The highest BCUT2D eigenvalue weighted by Crippen LogP contribution is 2.42. The normalized spacial score (nSPS) is 18.7. The van der Waals surface area contributed by atoms with Gasteiger partial charge in [0.1, 0.15) is 12.3 Å². The van der Waals surface area contributed by atoms with Gasteiger partial charge in [0.2, 0.25) is 15.9 Å². The lowest BCUT2D eigenvalue weighted by Gasteiger charge is -2.14. The summed E-state index contributed by atoms with van der Waals surface area (Å²) < 4.78 is 31.7. The van der Waals surface area contributed by atoms with Gasteiger partial charge >= 0.3 is 0 Å². The van der Waals surface area contributed by atoms with Crippen molar-refractivity contribution in [3.8, 4) is 22.4 Å². The van der Waals surface area contributed by atoms with E-state index in [4.69, 9.17) is 4.74 Å². The zero-order valence-electron chi connectivity index (χ0n) is 20.8. The fraction of sp³-hybridized carbons (Fsp3) is 0.296. The van der Waals surface area contributed by atoms with Gasteiger partial charge in [0.15, 0.2) is 5.13 Å². The quantitative estimate of drug-likeness (QED) is 0.319. The molecule has 0 radical (unpaired) electrons. The van der Waals surface area contributed by atoms with Crippen molar-refractivity contribution in [2.24, 2.45) is 0 Å². The fourth-order valence-electron chi connectivity index (χ4n) is 4.99. The lowest BCUT2D eigenvalue weighted by Crippen LogP contribution is -2.30. The number of ether oxygens (including phenoxy) is 1. The van der Waals surface area contributed by atoms with Crippen molar-refractivity contribution in [3.63, 3.8) is 0 Å². The van der Waals surface area contributed by atoms with E-state index in [9.17, 15) is 13.2 Å². The van der Waals surface area contributed by atoms with Crippen molar-refractivity contribution < 1.29 is 17.9 Å². The summed E-state index contributed by atoms with van der Waals surface area (Å²) in [4.78, 5) is 21.3. The molecule has 4 heterocycles. The van der Waals surface area contributed by atoms with E-state index in [1.807, 2.05) is 35.7 Å². The van der Waals surface area contributed by atoms with Gasteiger partial charge in [0, 0.05) is 40.8 Å². The van der Waals surface area contributed by atoms with Crippen LogP contribution in [-0.2, 0) is 32.4 Å². The average molecular weight is 550 g/mol. The highest BCUT2D eigenvalue weighted by Gasteiger charge is 2.43. The van der Waals surface area contributed by atoms with Crippen molar-refractivity contribution >= 4 is 32.4 Å². The molecule has 1 amide bonds. The summed E-state index contributed by atoms with van der Waals surface area (Å²) in [7, 11) is -3.37. The molecule has 11 heteroatoms. The Kier molecular flexibility index (Phi) is 6.60. The lowest BCUT2D eigenvalue weighted by atomic mass is 9.94. The SMILES string of the molecule is CS(=O)(=O)n1cc(C2OC2NCC(=O)Nc2nc(-c3cccc(-c4ccncc4)c3)cs2)c2c1CCCC2. The number of amides is 1. The molecule has 2 aliphatic rings. The minimum absolute atomic E-state index is 0.0581. The number of hydrogen-bond donors (Lipinski definition) is 2. The Labute approximate surface area is 225 Å². The minimum Gasteiger partial charge on any atom is -0.348 e. The number of carbonyl (C=O) groups excluding carboxylic acids is 1. The first-order chi connectivity index (χ1) is 18.4. The number of thiazole rings is 1. The summed E-state index contributed by atoms with van der Waals surface area (Å²) in [6.07, 6.45) is 9.47. The topological polar surface area (TPSA) is 119 Å². The molecule has 196 valence electrons. The third kappa shape index (κ3) is 5.14. The van der Waals surface area contributed by atoms with Crippen LogP contribution in [0, 0.1) is 0 Å². The summed E-state index contributed by atoms with van der Waals surface area (Å²) >= 11 is 1.37. The molecule has 4 aromatic rings. The molecule has 1 saturated heterocycles. The van der Waals surface area contributed by atoms with Crippen LogP contribution in [0.15, 0.2) is 60.4 Å². The maximum Gasteiger partial charge on any atom is 0.240 e. The molecular weight excluding hydrogens is 522 g/mol. The van der Waals surface area contributed by atoms with Gasteiger partial charge in [-0.25, -0.2) is 17.4 Å². The summed E-state index contributed by atoms with van der Waals surface area (Å²) in [5, 5.41) is 8.41. The van der Waals surface area contributed by atoms with Crippen LogP contribution >= 0.6 is 11.3 Å². The van der Waals surface area contributed by atoms with Gasteiger partial charge in [-0.15, -0.1) is 11.3 Å². The molecule has 1 aliphatic carbocycles. The fourth-order valence-corrected chi connectivity index (χ4v) is 6.64. The number of carbonyl (C=O) groups is 1. The zero-order chi connectivity index (χ0) is 26.3. The number of anilines is 1. The van der Waals surface area contributed by atoms with E-state index in [0.717, 1.165) is 64.9 Å². The Morgan fingerprint density at radius 2 is 1.92 bits per heavy atom. The van der Waals surface area contributed by atoms with Crippen LogP contribution < -0.4 is 10.6 Å². The molecule has 2 atom stereocenters. The standard InChI is InChI=1S/C27H27N5O4S2/c1-38(34,35)32-15-21(20-7-2-3-8-23(20)32)25-26(36-25)29-14-24(33)31-27-30-22(16-37-27)19-6-4-5-18(13-19)17-9-11-28-12-10-17/h4-6,9-13,15-16,25-26,29H,2-3,7-8,14H2,1H3,(H,30,31,33). The van der Waals surface area contributed by atoms with Gasteiger partial charge in [0.25, 0.3) is 0 Å². The van der Waals surface area contributed by atoms with Crippen LogP contribution in [0.5, 0.6) is 0 Å². The summed E-state index contributed by atoms with van der Waals surface area (Å²) in [6, 6.07) is 12.0. The van der Waals surface area contributed by atoms with Gasteiger partial charge in [-0.2, -0.15) is 0 Å². The van der Waals surface area contributed by atoms with Crippen molar-refractivity contribution in [2.75, 3.05) is 18.1 Å². The largest absolute Gasteiger partial charge is 0.348 e. The van der Waals surface area contributed by atoms with E-state index in [1.165, 1.54) is 21.6 Å². The van der Waals surface area contributed by atoms with Crippen LogP contribution in [0.3, 0.4) is 0 Å². The van der Waals surface area contributed by atoms with Gasteiger partial charge in [-0.3, -0.25) is 15.1 Å². The molecule has 0 spiro atoms. The Bertz CT molecular complexity index is 1600. The van der Waals surface area contributed by atoms with E-state index in [-0.39, 0.29) is 24.8 Å². The number of epoxide rings is 1. The maximum absolute atomic E-state index is 12.6. The van der Waals surface area contributed by atoms with Crippen molar-refractivity contribution in [1.82, 2.24) is 19.3 Å². The van der Waals surface area contributed by atoms with Gasteiger partial charge in [0.05, 0.1) is 18.5 Å². The molecule has 38 heavy (non-hydrogen) atoms. The Morgan fingerprint density at radius 3 is 2.74 bits per heavy atom. The minimum atomic E-state index is -3.37.